The fourth-order valence-corrected chi connectivity index (χ4v) is 3.09. The predicted molar refractivity (Wildman–Crippen MR) is 99.4 cm³/mol. The quantitative estimate of drug-likeness (QED) is 0.843. The maximum atomic E-state index is 13.3. The first-order chi connectivity index (χ1) is 12.0. The number of piperazine rings is 1. The molecule has 1 N–H and O–H groups in total. The Balaban J connectivity index is 1.56. The van der Waals surface area contributed by atoms with Crippen molar-refractivity contribution in [3.8, 4) is 5.75 Å². The summed E-state index contributed by atoms with van der Waals surface area (Å²) in [5, 5.41) is 3.38. The van der Waals surface area contributed by atoms with Gasteiger partial charge in [-0.3, -0.25) is 0 Å². The first-order valence-electron chi connectivity index (χ1n) is 7.96. The summed E-state index contributed by atoms with van der Waals surface area (Å²) in [5.74, 6) is -0.431. The number of ether oxygens (including phenoxy) is 1. The van der Waals surface area contributed by atoms with Crippen molar-refractivity contribution in [2.75, 3.05) is 43.5 Å². The van der Waals surface area contributed by atoms with E-state index in [2.05, 4.69) is 10.2 Å². The molecule has 0 aromatic heterocycles. The van der Waals surface area contributed by atoms with Gasteiger partial charge < -0.3 is 19.9 Å². The number of anilines is 2. The highest BCUT2D eigenvalue weighted by atomic mass is 32.1. The van der Waals surface area contributed by atoms with Crippen LogP contribution in [0, 0.1) is 11.6 Å². The molecule has 2 aromatic carbocycles. The van der Waals surface area contributed by atoms with Crippen LogP contribution in [0.2, 0.25) is 0 Å². The van der Waals surface area contributed by atoms with Crippen molar-refractivity contribution >= 4 is 28.7 Å². The molecule has 0 saturated carbocycles. The summed E-state index contributed by atoms with van der Waals surface area (Å²) in [6.07, 6.45) is 0. The molecule has 1 saturated heterocycles. The number of hydrogen-bond donors (Lipinski definition) is 1. The van der Waals surface area contributed by atoms with Gasteiger partial charge in [0.25, 0.3) is 0 Å². The Kier molecular flexibility index (Phi) is 5.33. The van der Waals surface area contributed by atoms with Gasteiger partial charge in [0.15, 0.2) is 5.11 Å². The van der Waals surface area contributed by atoms with E-state index in [-0.39, 0.29) is 0 Å². The summed E-state index contributed by atoms with van der Waals surface area (Å²) < 4.78 is 31.7. The molecule has 0 unspecified atom stereocenters. The van der Waals surface area contributed by atoms with Crippen LogP contribution < -0.4 is 15.0 Å². The van der Waals surface area contributed by atoms with Crippen molar-refractivity contribution in [1.29, 1.82) is 0 Å². The van der Waals surface area contributed by atoms with Crippen molar-refractivity contribution in [3.63, 3.8) is 0 Å². The monoisotopic (exact) mass is 363 g/mol. The Labute approximate surface area is 151 Å². The minimum absolute atomic E-state index is 0.320. The van der Waals surface area contributed by atoms with Gasteiger partial charge in [0.05, 0.1) is 7.11 Å². The van der Waals surface area contributed by atoms with Crippen molar-refractivity contribution in [2.24, 2.45) is 0 Å². The maximum absolute atomic E-state index is 13.3. The summed E-state index contributed by atoms with van der Waals surface area (Å²) in [7, 11) is 1.65. The number of hydrogen-bond acceptors (Lipinski definition) is 3. The van der Waals surface area contributed by atoms with Crippen LogP contribution in [0.1, 0.15) is 0 Å². The molecule has 0 amide bonds. The zero-order chi connectivity index (χ0) is 17.8. The van der Waals surface area contributed by atoms with Gasteiger partial charge in [-0.15, -0.1) is 0 Å². The number of rotatable bonds is 3. The first kappa shape index (κ1) is 17.4. The van der Waals surface area contributed by atoms with Crippen molar-refractivity contribution in [3.05, 3.63) is 54.1 Å². The third-order valence-electron chi connectivity index (χ3n) is 4.12. The molecule has 0 aliphatic carbocycles. The average Bonchev–Trinajstić information content (AvgIpc) is 2.61. The third kappa shape index (κ3) is 4.36. The van der Waals surface area contributed by atoms with E-state index in [9.17, 15) is 8.78 Å². The first-order valence-corrected chi connectivity index (χ1v) is 8.37. The lowest BCUT2D eigenvalue weighted by Crippen LogP contribution is -2.50. The van der Waals surface area contributed by atoms with Gasteiger partial charge >= 0.3 is 0 Å². The Bertz CT molecular complexity index is 726. The molecule has 1 aliphatic heterocycles. The van der Waals surface area contributed by atoms with Gasteiger partial charge in [-0.1, -0.05) is 0 Å². The van der Waals surface area contributed by atoms with E-state index < -0.39 is 11.6 Å². The van der Waals surface area contributed by atoms with E-state index >= 15 is 0 Å². The predicted octanol–water partition coefficient (Wildman–Crippen LogP) is 3.49. The molecule has 132 valence electrons. The zero-order valence-corrected chi connectivity index (χ0v) is 14.7. The molecule has 4 nitrogen and oxygen atoms in total. The van der Waals surface area contributed by atoms with Gasteiger partial charge in [-0.25, -0.2) is 8.78 Å². The number of nitrogens with zero attached hydrogens (tertiary/aromatic N) is 2. The molecule has 25 heavy (non-hydrogen) atoms. The molecule has 1 heterocycles. The van der Waals surface area contributed by atoms with Gasteiger partial charge in [0.2, 0.25) is 0 Å². The van der Waals surface area contributed by atoms with Crippen LogP contribution in [0.3, 0.4) is 0 Å². The molecular formula is C18H19F2N3OS. The molecule has 1 aliphatic rings. The minimum atomic E-state index is -0.630. The SMILES string of the molecule is COc1ccc(N2CCN(C(=S)Nc3cc(F)cc(F)c3)CC2)cc1. The van der Waals surface area contributed by atoms with Gasteiger partial charge in [0, 0.05) is 43.6 Å². The fraction of sp³-hybridized carbons (Fsp3) is 0.278. The number of methoxy groups -OCH3 is 1. The Morgan fingerprint density at radius 1 is 1.00 bits per heavy atom. The Morgan fingerprint density at radius 2 is 1.60 bits per heavy atom. The second-order valence-corrected chi connectivity index (χ2v) is 6.15. The average molecular weight is 363 g/mol. The highest BCUT2D eigenvalue weighted by molar-refractivity contribution is 7.80. The number of benzene rings is 2. The highest BCUT2D eigenvalue weighted by Gasteiger charge is 2.19. The standard InChI is InChI=1S/C18H19F2N3OS/c1-24-17-4-2-16(3-5-17)22-6-8-23(9-7-22)18(25)21-15-11-13(19)10-14(20)12-15/h2-5,10-12H,6-9H2,1H3,(H,21,25). The summed E-state index contributed by atoms with van der Waals surface area (Å²) in [4.78, 5) is 4.26. The summed E-state index contributed by atoms with van der Waals surface area (Å²) in [5.41, 5.74) is 1.45. The third-order valence-corrected chi connectivity index (χ3v) is 4.48. The van der Waals surface area contributed by atoms with E-state index in [0.717, 1.165) is 43.7 Å². The van der Waals surface area contributed by atoms with Crippen LogP contribution in [0.4, 0.5) is 20.2 Å². The summed E-state index contributed by atoms with van der Waals surface area (Å²) in [6.45, 7) is 3.09. The number of halogens is 2. The van der Waals surface area contributed by atoms with E-state index in [0.29, 0.717) is 10.8 Å². The van der Waals surface area contributed by atoms with Crippen molar-refractivity contribution in [1.82, 2.24) is 4.90 Å². The minimum Gasteiger partial charge on any atom is -0.497 e. The zero-order valence-electron chi connectivity index (χ0n) is 13.8. The highest BCUT2D eigenvalue weighted by Crippen LogP contribution is 2.21. The molecule has 0 atom stereocenters. The number of thiocarbonyl (C=S) groups is 1. The molecular weight excluding hydrogens is 344 g/mol. The van der Waals surface area contributed by atoms with Crippen molar-refractivity contribution < 1.29 is 13.5 Å². The molecule has 0 spiro atoms. The molecule has 2 aromatic rings. The lowest BCUT2D eigenvalue weighted by atomic mass is 10.2. The van der Waals surface area contributed by atoms with Crippen molar-refractivity contribution in [2.45, 2.75) is 0 Å². The largest absolute Gasteiger partial charge is 0.497 e. The second kappa shape index (κ2) is 7.65. The molecule has 3 rings (SSSR count). The van der Waals surface area contributed by atoms with E-state index in [4.69, 9.17) is 17.0 Å². The lowest BCUT2D eigenvalue weighted by molar-refractivity contribution is 0.390. The lowest BCUT2D eigenvalue weighted by Gasteiger charge is -2.37. The van der Waals surface area contributed by atoms with Gasteiger partial charge in [-0.05, 0) is 48.6 Å². The normalized spacial score (nSPS) is 14.4. The molecule has 1 fully saturated rings. The van der Waals surface area contributed by atoms with E-state index in [1.165, 1.54) is 12.1 Å². The summed E-state index contributed by atoms with van der Waals surface area (Å²) >= 11 is 5.37. The number of nitrogens with one attached hydrogen (secondary N) is 1. The summed E-state index contributed by atoms with van der Waals surface area (Å²) in [6, 6.07) is 11.2. The van der Waals surface area contributed by atoms with Crippen LogP contribution in [0.15, 0.2) is 42.5 Å². The van der Waals surface area contributed by atoms with Crippen LogP contribution in [-0.4, -0.2) is 43.3 Å². The van der Waals surface area contributed by atoms with Crippen LogP contribution >= 0.6 is 12.2 Å². The second-order valence-electron chi connectivity index (χ2n) is 5.76. The fourth-order valence-electron chi connectivity index (χ4n) is 2.79. The van der Waals surface area contributed by atoms with E-state index in [1.807, 2.05) is 29.2 Å². The maximum Gasteiger partial charge on any atom is 0.173 e. The molecule has 7 heteroatoms. The van der Waals surface area contributed by atoms with E-state index in [1.54, 1.807) is 7.11 Å². The Hall–Kier alpha value is -2.41. The van der Waals surface area contributed by atoms with Gasteiger partial charge in [-0.2, -0.15) is 0 Å². The van der Waals surface area contributed by atoms with Crippen LogP contribution in [0.5, 0.6) is 5.75 Å². The molecule has 0 bridgehead atoms. The topological polar surface area (TPSA) is 27.7 Å². The smallest absolute Gasteiger partial charge is 0.173 e. The van der Waals surface area contributed by atoms with Gasteiger partial charge in [0.1, 0.15) is 17.4 Å². The molecule has 0 radical (unpaired) electrons. The Morgan fingerprint density at radius 3 is 2.16 bits per heavy atom. The van der Waals surface area contributed by atoms with Crippen LogP contribution in [0.25, 0.3) is 0 Å². The van der Waals surface area contributed by atoms with Crippen LogP contribution in [-0.2, 0) is 0 Å².